The van der Waals surface area contributed by atoms with Crippen molar-refractivity contribution in [1.29, 1.82) is 0 Å². The van der Waals surface area contributed by atoms with Crippen LogP contribution in [0.3, 0.4) is 0 Å². The number of nitrogens with zero attached hydrogens (tertiary/aromatic N) is 2. The Kier molecular flexibility index (Phi) is 4.31. The SMILES string of the molecule is Cc1cc([N+](=O)[O-])ccc1S(=O)(=O)N1CCC(C)C(O)C1. The first-order valence-corrected chi connectivity index (χ1v) is 8.10. The number of non-ortho nitro benzene ring substituents is 1. The van der Waals surface area contributed by atoms with Crippen molar-refractivity contribution in [2.75, 3.05) is 13.1 Å². The number of nitro benzene ring substituents is 1. The van der Waals surface area contributed by atoms with Crippen LogP contribution in [0.2, 0.25) is 0 Å². The number of hydrogen-bond acceptors (Lipinski definition) is 5. The molecule has 0 radical (unpaired) electrons. The highest BCUT2D eigenvalue weighted by molar-refractivity contribution is 7.89. The first-order chi connectivity index (χ1) is 9.73. The number of benzene rings is 1. The van der Waals surface area contributed by atoms with Crippen LogP contribution in [0.5, 0.6) is 0 Å². The number of piperidine rings is 1. The van der Waals surface area contributed by atoms with Crippen LogP contribution in [0, 0.1) is 23.0 Å². The van der Waals surface area contributed by atoms with Gasteiger partial charge in [0.1, 0.15) is 0 Å². The van der Waals surface area contributed by atoms with Gasteiger partial charge in [-0.2, -0.15) is 4.31 Å². The van der Waals surface area contributed by atoms with E-state index >= 15 is 0 Å². The Morgan fingerprint density at radius 3 is 2.62 bits per heavy atom. The molecule has 1 aromatic carbocycles. The number of aryl methyl sites for hydroxylation is 1. The minimum absolute atomic E-state index is 0.0508. The fourth-order valence-corrected chi connectivity index (χ4v) is 4.09. The van der Waals surface area contributed by atoms with Gasteiger partial charge in [-0.05, 0) is 30.9 Å². The molecule has 1 fully saturated rings. The van der Waals surface area contributed by atoms with Crippen LogP contribution in [0.25, 0.3) is 0 Å². The van der Waals surface area contributed by atoms with E-state index in [2.05, 4.69) is 0 Å². The summed E-state index contributed by atoms with van der Waals surface area (Å²) in [4.78, 5) is 10.2. The summed E-state index contributed by atoms with van der Waals surface area (Å²) in [6.07, 6.45) is -0.0984. The molecule has 0 amide bonds. The molecule has 8 heteroatoms. The molecular weight excluding hydrogens is 296 g/mol. The predicted molar refractivity (Wildman–Crippen MR) is 76.4 cm³/mol. The van der Waals surface area contributed by atoms with Gasteiger partial charge in [-0.3, -0.25) is 10.1 Å². The van der Waals surface area contributed by atoms with Gasteiger partial charge in [0.25, 0.3) is 5.69 Å². The minimum atomic E-state index is -3.74. The summed E-state index contributed by atoms with van der Waals surface area (Å²) in [7, 11) is -3.74. The summed E-state index contributed by atoms with van der Waals surface area (Å²) in [5, 5.41) is 20.6. The summed E-state index contributed by atoms with van der Waals surface area (Å²) >= 11 is 0. The lowest BCUT2D eigenvalue weighted by Crippen LogP contribution is -2.45. The summed E-state index contributed by atoms with van der Waals surface area (Å²) in [6.45, 7) is 3.81. The number of aliphatic hydroxyl groups excluding tert-OH is 1. The fourth-order valence-electron chi connectivity index (χ4n) is 2.41. The average molecular weight is 314 g/mol. The molecule has 1 aliphatic heterocycles. The number of rotatable bonds is 3. The zero-order chi connectivity index (χ0) is 15.8. The van der Waals surface area contributed by atoms with Crippen molar-refractivity contribution in [2.45, 2.75) is 31.3 Å². The Bertz CT molecular complexity index is 659. The Balaban J connectivity index is 2.34. The van der Waals surface area contributed by atoms with Gasteiger partial charge in [0.05, 0.1) is 15.9 Å². The topological polar surface area (TPSA) is 101 Å². The van der Waals surface area contributed by atoms with Gasteiger partial charge in [0.2, 0.25) is 10.0 Å². The lowest BCUT2D eigenvalue weighted by molar-refractivity contribution is -0.385. The maximum absolute atomic E-state index is 12.6. The van der Waals surface area contributed by atoms with E-state index < -0.39 is 21.1 Å². The summed E-state index contributed by atoms with van der Waals surface area (Å²) in [6, 6.07) is 3.69. The van der Waals surface area contributed by atoms with E-state index in [9.17, 15) is 23.6 Å². The third-order valence-corrected chi connectivity index (χ3v) is 5.89. The number of hydrogen-bond donors (Lipinski definition) is 1. The quantitative estimate of drug-likeness (QED) is 0.669. The second kappa shape index (κ2) is 5.70. The monoisotopic (exact) mass is 314 g/mol. The van der Waals surface area contributed by atoms with E-state index in [-0.39, 0.29) is 23.0 Å². The molecule has 1 aliphatic rings. The summed E-state index contributed by atoms with van der Waals surface area (Å²) in [5.41, 5.74) is 0.191. The van der Waals surface area contributed by atoms with Gasteiger partial charge in [-0.15, -0.1) is 0 Å². The molecule has 0 spiro atoms. The maximum Gasteiger partial charge on any atom is 0.269 e. The molecule has 7 nitrogen and oxygen atoms in total. The molecule has 116 valence electrons. The van der Waals surface area contributed by atoms with Crippen molar-refractivity contribution in [3.63, 3.8) is 0 Å². The van der Waals surface area contributed by atoms with Crippen molar-refractivity contribution in [3.05, 3.63) is 33.9 Å². The Labute approximate surface area is 123 Å². The second-order valence-corrected chi connectivity index (χ2v) is 7.31. The third kappa shape index (κ3) is 3.07. The normalized spacial score (nSPS) is 24.0. The van der Waals surface area contributed by atoms with E-state index in [0.29, 0.717) is 18.5 Å². The number of β-amino-alcohol motifs (C(OH)–C–C–N with tert-alkyl or cyclic N) is 1. The minimum Gasteiger partial charge on any atom is -0.391 e. The molecule has 0 aromatic heterocycles. The first-order valence-electron chi connectivity index (χ1n) is 6.66. The van der Waals surface area contributed by atoms with Crippen molar-refractivity contribution in [2.24, 2.45) is 5.92 Å². The van der Waals surface area contributed by atoms with Crippen LogP contribution in [-0.2, 0) is 10.0 Å². The molecule has 1 N–H and O–H groups in total. The third-order valence-electron chi connectivity index (χ3n) is 3.87. The van der Waals surface area contributed by atoms with Gasteiger partial charge in [0, 0.05) is 25.2 Å². The van der Waals surface area contributed by atoms with E-state index in [4.69, 9.17) is 0 Å². The molecule has 0 saturated carbocycles. The average Bonchev–Trinajstić information content (AvgIpc) is 2.41. The molecule has 2 atom stereocenters. The molecule has 21 heavy (non-hydrogen) atoms. The molecule has 1 aromatic rings. The number of aliphatic hydroxyl groups is 1. The van der Waals surface area contributed by atoms with Crippen LogP contribution in [0.15, 0.2) is 23.1 Å². The lowest BCUT2D eigenvalue weighted by Gasteiger charge is -2.33. The molecule has 0 aliphatic carbocycles. The Morgan fingerprint density at radius 2 is 2.10 bits per heavy atom. The first kappa shape index (κ1) is 15.9. The van der Waals surface area contributed by atoms with Crippen LogP contribution in [-0.4, -0.2) is 41.9 Å². The number of sulfonamides is 1. The predicted octanol–water partition coefficient (Wildman–Crippen LogP) is 1.29. The highest BCUT2D eigenvalue weighted by Gasteiger charge is 2.33. The van der Waals surface area contributed by atoms with Crippen LogP contribution < -0.4 is 0 Å². The largest absolute Gasteiger partial charge is 0.391 e. The molecule has 0 bridgehead atoms. The van der Waals surface area contributed by atoms with Crippen molar-refractivity contribution >= 4 is 15.7 Å². The smallest absolute Gasteiger partial charge is 0.269 e. The van der Waals surface area contributed by atoms with Crippen molar-refractivity contribution in [1.82, 2.24) is 4.31 Å². The molecule has 2 unspecified atom stereocenters. The maximum atomic E-state index is 12.6. The lowest BCUT2D eigenvalue weighted by atomic mass is 9.98. The van der Waals surface area contributed by atoms with Gasteiger partial charge in [-0.1, -0.05) is 6.92 Å². The van der Waals surface area contributed by atoms with Crippen LogP contribution in [0.1, 0.15) is 18.9 Å². The number of nitro groups is 1. The van der Waals surface area contributed by atoms with Crippen LogP contribution in [0.4, 0.5) is 5.69 Å². The molecule has 1 heterocycles. The van der Waals surface area contributed by atoms with Crippen LogP contribution >= 0.6 is 0 Å². The summed E-state index contributed by atoms with van der Waals surface area (Å²) < 4.78 is 26.4. The molecular formula is C13H18N2O5S. The van der Waals surface area contributed by atoms with Gasteiger partial charge < -0.3 is 5.11 Å². The van der Waals surface area contributed by atoms with E-state index in [1.807, 2.05) is 6.92 Å². The van der Waals surface area contributed by atoms with Crippen molar-refractivity contribution in [3.8, 4) is 0 Å². The summed E-state index contributed by atoms with van der Waals surface area (Å²) in [5.74, 6) is 0.0643. The Hall–Kier alpha value is -1.51. The molecule has 1 saturated heterocycles. The van der Waals surface area contributed by atoms with Gasteiger partial charge in [-0.25, -0.2) is 8.42 Å². The van der Waals surface area contributed by atoms with E-state index in [1.165, 1.54) is 29.4 Å². The highest BCUT2D eigenvalue weighted by Crippen LogP contribution is 2.27. The van der Waals surface area contributed by atoms with Gasteiger partial charge >= 0.3 is 0 Å². The zero-order valence-electron chi connectivity index (χ0n) is 11.9. The van der Waals surface area contributed by atoms with E-state index in [0.717, 1.165) is 0 Å². The second-order valence-electron chi connectivity index (χ2n) is 5.40. The standard InChI is InChI=1S/C13H18N2O5S/c1-9-5-6-14(8-12(9)16)21(19,20)13-4-3-11(15(17)18)7-10(13)2/h3-4,7,9,12,16H,5-6,8H2,1-2H3. The highest BCUT2D eigenvalue weighted by atomic mass is 32.2. The molecule has 2 rings (SSSR count). The van der Waals surface area contributed by atoms with Crippen molar-refractivity contribution < 1.29 is 18.4 Å². The Morgan fingerprint density at radius 1 is 1.43 bits per heavy atom. The fraction of sp³-hybridized carbons (Fsp3) is 0.538. The van der Waals surface area contributed by atoms with E-state index in [1.54, 1.807) is 0 Å². The zero-order valence-corrected chi connectivity index (χ0v) is 12.7. The van der Waals surface area contributed by atoms with Gasteiger partial charge in [0.15, 0.2) is 0 Å².